The van der Waals surface area contributed by atoms with Crippen molar-refractivity contribution >= 4 is 59.2 Å². The molecule has 0 spiro atoms. The lowest BCUT2D eigenvalue weighted by atomic mass is 9.96. The molecular weight excluding hydrogens is 943 g/mol. The number of aliphatic hydroxyl groups excluding tert-OH is 2. The van der Waals surface area contributed by atoms with Crippen LogP contribution in [0.5, 0.6) is 5.75 Å². The van der Waals surface area contributed by atoms with Crippen molar-refractivity contribution in [2.45, 2.75) is 141 Å². The summed E-state index contributed by atoms with van der Waals surface area (Å²) in [5.74, 6) is -9.65. The Bertz CT molecular complexity index is 1970. The number of guanidine groups is 1. The number of amides is 8. The molecule has 0 bridgehead atoms. The van der Waals surface area contributed by atoms with Crippen molar-refractivity contribution in [3.05, 3.63) is 29.8 Å². The number of hydrogen-bond acceptors (Lipinski definition) is 15. The Morgan fingerprint density at radius 1 is 0.625 bits per heavy atom. The number of unbranched alkanes of at least 4 members (excludes halogenated alkanes) is 1. The molecule has 26 nitrogen and oxygen atoms in total. The van der Waals surface area contributed by atoms with E-state index in [0.717, 1.165) is 0 Å². The van der Waals surface area contributed by atoms with E-state index < -0.39 is 133 Å². The van der Waals surface area contributed by atoms with Gasteiger partial charge in [0.2, 0.25) is 47.3 Å². The van der Waals surface area contributed by atoms with Gasteiger partial charge in [0.15, 0.2) is 5.96 Å². The van der Waals surface area contributed by atoms with Crippen molar-refractivity contribution in [2.24, 2.45) is 45.7 Å². The second-order valence-corrected chi connectivity index (χ2v) is 18.2. The van der Waals surface area contributed by atoms with E-state index in [1.807, 2.05) is 0 Å². The van der Waals surface area contributed by atoms with Crippen LogP contribution in [-0.4, -0.2) is 161 Å². The number of aliphatic carboxylic acids is 1. The third-order valence-electron chi connectivity index (χ3n) is 11.3. The monoisotopic (exact) mass is 1020 g/mol. The number of carboxylic acids is 1. The van der Waals surface area contributed by atoms with Crippen LogP contribution in [0.1, 0.15) is 92.1 Å². The molecule has 9 atom stereocenters. The molecule has 0 saturated carbocycles. The van der Waals surface area contributed by atoms with Crippen molar-refractivity contribution in [1.82, 2.24) is 42.5 Å². The van der Waals surface area contributed by atoms with Crippen molar-refractivity contribution < 1.29 is 63.6 Å². The molecule has 0 aliphatic carbocycles. The first-order chi connectivity index (χ1) is 33.9. The van der Waals surface area contributed by atoms with Crippen LogP contribution < -0.4 is 65.5 Å². The first-order valence-electron chi connectivity index (χ1n) is 24.0. The van der Waals surface area contributed by atoms with Crippen LogP contribution in [0.2, 0.25) is 0 Å². The molecule has 0 aliphatic heterocycles. The van der Waals surface area contributed by atoms with E-state index >= 15 is 0 Å². The predicted molar refractivity (Wildman–Crippen MR) is 265 cm³/mol. The number of carbonyl (C=O) groups excluding carboxylic acids is 8. The van der Waals surface area contributed by atoms with Gasteiger partial charge in [0.1, 0.15) is 48.0 Å². The molecule has 20 N–H and O–H groups in total. The zero-order valence-corrected chi connectivity index (χ0v) is 42.1. The van der Waals surface area contributed by atoms with Crippen LogP contribution in [0.3, 0.4) is 0 Å². The lowest BCUT2D eigenvalue weighted by Crippen LogP contribution is -2.61. The van der Waals surface area contributed by atoms with Gasteiger partial charge in [0.05, 0.1) is 25.8 Å². The maximum atomic E-state index is 14.2. The Balaban J connectivity index is 3.29. The van der Waals surface area contributed by atoms with E-state index in [-0.39, 0.29) is 56.4 Å². The largest absolute Gasteiger partial charge is 0.508 e. The highest BCUT2D eigenvalue weighted by Gasteiger charge is 2.35. The van der Waals surface area contributed by atoms with Gasteiger partial charge < -0.3 is 85.9 Å². The van der Waals surface area contributed by atoms with E-state index in [9.17, 15) is 63.6 Å². The van der Waals surface area contributed by atoms with Gasteiger partial charge in [-0.25, -0.2) is 4.79 Å². The number of hydrogen-bond donors (Lipinski definition) is 16. The smallest absolute Gasteiger partial charge is 0.326 e. The second-order valence-electron chi connectivity index (χ2n) is 18.2. The first-order valence-corrected chi connectivity index (χ1v) is 24.0. The fourth-order valence-corrected chi connectivity index (χ4v) is 6.92. The Morgan fingerprint density at radius 3 is 1.69 bits per heavy atom. The summed E-state index contributed by atoms with van der Waals surface area (Å²) in [6.45, 7) is 8.00. The van der Waals surface area contributed by atoms with Gasteiger partial charge in [-0.15, -0.1) is 0 Å². The number of aliphatic imine (C=N–C) groups is 1. The molecular formula is C46H79N13O13. The molecule has 1 rings (SSSR count). The number of aliphatic hydroxyl groups is 2. The zero-order valence-electron chi connectivity index (χ0n) is 42.1. The summed E-state index contributed by atoms with van der Waals surface area (Å²) in [4.78, 5) is 123. The minimum atomic E-state index is -1.71. The van der Waals surface area contributed by atoms with Gasteiger partial charge in [-0.3, -0.25) is 43.3 Å². The fraction of sp³-hybridized carbons (Fsp3) is 0.652. The summed E-state index contributed by atoms with van der Waals surface area (Å²) in [5.41, 5.74) is 23.0. The molecule has 72 heavy (non-hydrogen) atoms. The maximum Gasteiger partial charge on any atom is 0.326 e. The summed E-state index contributed by atoms with van der Waals surface area (Å²) >= 11 is 0. The van der Waals surface area contributed by atoms with Gasteiger partial charge in [-0.1, -0.05) is 60.1 Å². The van der Waals surface area contributed by atoms with Crippen molar-refractivity contribution in [3.8, 4) is 5.75 Å². The third-order valence-corrected chi connectivity index (χ3v) is 11.3. The quantitative estimate of drug-likeness (QED) is 0.0177. The van der Waals surface area contributed by atoms with E-state index in [1.54, 1.807) is 41.5 Å². The summed E-state index contributed by atoms with van der Waals surface area (Å²) in [5, 5.41) is 59.1. The number of phenols is 1. The number of nitrogens with one attached hydrogen (secondary N) is 8. The molecule has 0 heterocycles. The zero-order chi connectivity index (χ0) is 54.7. The highest BCUT2D eigenvalue weighted by atomic mass is 16.4. The van der Waals surface area contributed by atoms with Gasteiger partial charge in [0.25, 0.3) is 0 Å². The summed E-state index contributed by atoms with van der Waals surface area (Å²) in [7, 11) is 0. The minimum Gasteiger partial charge on any atom is -0.508 e. The van der Waals surface area contributed by atoms with Crippen LogP contribution in [0.25, 0.3) is 0 Å². The van der Waals surface area contributed by atoms with Crippen LogP contribution >= 0.6 is 0 Å². The van der Waals surface area contributed by atoms with Gasteiger partial charge in [0, 0.05) is 13.0 Å². The molecule has 0 radical (unpaired) electrons. The summed E-state index contributed by atoms with van der Waals surface area (Å²) < 4.78 is 0. The Hall–Kier alpha value is -6.64. The van der Waals surface area contributed by atoms with E-state index in [0.29, 0.717) is 31.2 Å². The Morgan fingerprint density at radius 2 is 1.15 bits per heavy atom. The van der Waals surface area contributed by atoms with Gasteiger partial charge in [-0.2, -0.15) is 0 Å². The molecule has 0 aliphatic rings. The highest BCUT2D eigenvalue weighted by molar-refractivity contribution is 5.97. The lowest BCUT2D eigenvalue weighted by Gasteiger charge is -2.29. The summed E-state index contributed by atoms with van der Waals surface area (Å²) in [6.07, 6.45) is 1.77. The third kappa shape index (κ3) is 23.5. The van der Waals surface area contributed by atoms with Crippen LogP contribution in [-0.2, 0) is 49.6 Å². The van der Waals surface area contributed by atoms with Gasteiger partial charge in [-0.05, 0) is 80.5 Å². The number of rotatable bonds is 34. The van der Waals surface area contributed by atoms with E-state index in [2.05, 4.69) is 47.5 Å². The molecule has 406 valence electrons. The highest BCUT2D eigenvalue weighted by Crippen LogP contribution is 2.14. The average molecular weight is 1020 g/mol. The molecule has 1 aromatic carbocycles. The SMILES string of the molecule is CC[C@H](C)[C@H](NC(=O)[C@@H](N)CCCN=C(N)N)C(=O)N[C@@H](CCCCN)C(=O)N[C@@H](Cc1ccc(O)cc1)C(=O)N[C@@H](CO)C(=O)N[C@H](C(=O)NCC(=O)N[C@@H](CO)C(=O)N[C@@H](CC(C)C)C(=O)O)C(C)C. The van der Waals surface area contributed by atoms with Gasteiger partial charge >= 0.3 is 5.97 Å². The topological polar surface area (TPSA) is 447 Å². The second kappa shape index (κ2) is 33.1. The molecule has 8 amide bonds. The van der Waals surface area contributed by atoms with E-state index in [4.69, 9.17) is 22.9 Å². The van der Waals surface area contributed by atoms with Crippen LogP contribution in [0, 0.1) is 17.8 Å². The molecule has 0 fully saturated rings. The molecule has 26 heteroatoms. The predicted octanol–water partition coefficient (Wildman–Crippen LogP) is -4.23. The number of carbonyl (C=O) groups is 9. The minimum absolute atomic E-state index is 0.0544. The number of carboxylic acid groups (broad SMARTS) is 1. The summed E-state index contributed by atoms with van der Waals surface area (Å²) in [6, 6.07) is -5.15. The first kappa shape index (κ1) is 63.4. The number of nitrogens with zero attached hydrogens (tertiary/aromatic N) is 1. The van der Waals surface area contributed by atoms with Crippen LogP contribution in [0.15, 0.2) is 29.3 Å². The number of benzene rings is 1. The number of aromatic hydroxyl groups is 1. The Kier molecular flexibility index (Phi) is 29.1. The van der Waals surface area contributed by atoms with Crippen LogP contribution in [0.4, 0.5) is 0 Å². The van der Waals surface area contributed by atoms with Crippen molar-refractivity contribution in [3.63, 3.8) is 0 Å². The average Bonchev–Trinajstić information content (AvgIpc) is 3.32. The number of phenolic OH excluding ortho intramolecular Hbond substituents is 1. The molecule has 1 aromatic rings. The van der Waals surface area contributed by atoms with E-state index in [1.165, 1.54) is 24.3 Å². The molecule has 0 unspecified atom stereocenters. The maximum absolute atomic E-state index is 14.2. The fourth-order valence-electron chi connectivity index (χ4n) is 6.92. The standard InChI is InChI=1S/C46H79N13O13/c1-7-26(6)37(59-38(64)29(48)11-10-18-51-46(49)50)44(70)54-30(12-8-9-17-47)39(65)55-31(20-27-13-15-28(62)16-14-27)40(66)57-34(23-61)42(68)58-36(25(4)5)43(69)52-21-35(63)53-33(22-60)41(67)56-32(45(71)72)19-24(2)3/h13-16,24-26,29-34,36-37,60-62H,7-12,17-23,47-48H2,1-6H3,(H,52,69)(H,53,63)(H,54,70)(H,55,65)(H,56,67)(H,57,66)(H,58,68)(H,59,64)(H,71,72)(H4,49,50,51)/t26-,29-,30-,31-,32-,33-,34-,36-,37-/m0/s1. The van der Waals surface area contributed by atoms with Crippen molar-refractivity contribution in [2.75, 3.05) is 32.8 Å². The molecule has 0 aromatic heterocycles. The number of nitrogens with two attached hydrogens (primary N) is 4. The normalized spacial score (nSPS) is 14.9. The Labute approximate surface area is 419 Å². The van der Waals surface area contributed by atoms with Crippen molar-refractivity contribution in [1.29, 1.82) is 0 Å². The molecule has 0 saturated heterocycles. The lowest BCUT2D eigenvalue weighted by molar-refractivity contribution is -0.143.